The van der Waals surface area contributed by atoms with Crippen LogP contribution in [-0.4, -0.2) is 9.55 Å². The smallest absolute Gasteiger partial charge is 0.0991 e. The van der Waals surface area contributed by atoms with E-state index in [4.69, 9.17) is 5.26 Å². The Balaban J connectivity index is 1.98. The number of benzene rings is 1. The Kier molecular flexibility index (Phi) is 3.06. The van der Waals surface area contributed by atoms with Crippen molar-refractivity contribution in [1.29, 1.82) is 5.26 Å². The summed E-state index contributed by atoms with van der Waals surface area (Å²) < 4.78 is 2.04. The fraction of sp³-hybridized carbons (Fsp3) is 0.0588. The first-order valence-electron chi connectivity index (χ1n) is 6.37. The minimum Gasteiger partial charge on any atom is -0.323 e. The third-order valence-corrected chi connectivity index (χ3v) is 3.34. The summed E-state index contributed by atoms with van der Waals surface area (Å²) >= 11 is 0. The second kappa shape index (κ2) is 5.02. The Bertz CT molecular complexity index is 776. The lowest BCUT2D eigenvalue weighted by Gasteiger charge is -2.03. The fourth-order valence-corrected chi connectivity index (χ4v) is 2.19. The predicted molar refractivity (Wildman–Crippen MR) is 78.5 cm³/mol. The zero-order valence-corrected chi connectivity index (χ0v) is 11.1. The van der Waals surface area contributed by atoms with Crippen molar-refractivity contribution in [3.63, 3.8) is 0 Å². The monoisotopic (exact) mass is 259 g/mol. The van der Waals surface area contributed by atoms with Crippen molar-refractivity contribution in [2.75, 3.05) is 0 Å². The third kappa shape index (κ3) is 2.19. The van der Waals surface area contributed by atoms with Gasteiger partial charge in [-0.2, -0.15) is 5.26 Å². The largest absolute Gasteiger partial charge is 0.323 e. The number of aromatic nitrogens is 2. The van der Waals surface area contributed by atoms with Crippen molar-refractivity contribution in [3.8, 4) is 22.9 Å². The van der Waals surface area contributed by atoms with Gasteiger partial charge < -0.3 is 4.57 Å². The lowest BCUT2D eigenvalue weighted by atomic mass is 10.1. The van der Waals surface area contributed by atoms with Crippen LogP contribution < -0.4 is 0 Å². The molecule has 3 aromatic rings. The topological polar surface area (TPSA) is 41.6 Å². The van der Waals surface area contributed by atoms with Gasteiger partial charge >= 0.3 is 0 Å². The highest BCUT2D eigenvalue weighted by molar-refractivity contribution is 5.66. The van der Waals surface area contributed by atoms with Crippen LogP contribution >= 0.6 is 0 Å². The lowest BCUT2D eigenvalue weighted by Crippen LogP contribution is -1.89. The average molecular weight is 259 g/mol. The van der Waals surface area contributed by atoms with Gasteiger partial charge in [0.05, 0.1) is 11.6 Å². The van der Waals surface area contributed by atoms with E-state index < -0.39 is 0 Å². The molecule has 0 aliphatic rings. The van der Waals surface area contributed by atoms with Crippen molar-refractivity contribution >= 4 is 0 Å². The van der Waals surface area contributed by atoms with E-state index in [9.17, 15) is 0 Å². The van der Waals surface area contributed by atoms with Crippen molar-refractivity contribution in [1.82, 2.24) is 9.55 Å². The maximum absolute atomic E-state index is 8.82. The summed E-state index contributed by atoms with van der Waals surface area (Å²) in [7, 11) is 0. The molecule has 3 rings (SSSR count). The SMILES string of the molecule is Cc1ccncc1-c1ccn(-c2ccc(C#N)cc2)c1. The summed E-state index contributed by atoms with van der Waals surface area (Å²) in [5.41, 5.74) is 5.19. The highest BCUT2D eigenvalue weighted by Gasteiger charge is 2.04. The Hall–Kier alpha value is -2.86. The maximum Gasteiger partial charge on any atom is 0.0991 e. The van der Waals surface area contributed by atoms with Gasteiger partial charge in [0.2, 0.25) is 0 Å². The number of pyridine rings is 1. The minimum atomic E-state index is 0.671. The predicted octanol–water partition coefficient (Wildman–Crippen LogP) is 3.72. The molecule has 0 spiro atoms. The molecule has 0 amide bonds. The van der Waals surface area contributed by atoms with Crippen LogP contribution in [0.2, 0.25) is 0 Å². The van der Waals surface area contributed by atoms with Gasteiger partial charge in [0.25, 0.3) is 0 Å². The van der Waals surface area contributed by atoms with E-state index in [1.807, 2.05) is 47.3 Å². The number of hydrogen-bond acceptors (Lipinski definition) is 2. The van der Waals surface area contributed by atoms with E-state index in [-0.39, 0.29) is 0 Å². The van der Waals surface area contributed by atoms with Gasteiger partial charge in [-0.05, 0) is 48.9 Å². The molecule has 2 heterocycles. The molecule has 3 heteroatoms. The molecule has 2 aromatic heterocycles. The summed E-state index contributed by atoms with van der Waals surface area (Å²) in [4.78, 5) is 4.18. The molecule has 0 bridgehead atoms. The maximum atomic E-state index is 8.82. The molecule has 3 nitrogen and oxygen atoms in total. The molecule has 0 saturated heterocycles. The van der Waals surface area contributed by atoms with Crippen molar-refractivity contribution in [2.45, 2.75) is 6.92 Å². The normalized spacial score (nSPS) is 10.2. The number of aryl methyl sites for hydroxylation is 1. The van der Waals surface area contributed by atoms with Crippen molar-refractivity contribution < 1.29 is 0 Å². The zero-order valence-electron chi connectivity index (χ0n) is 11.1. The van der Waals surface area contributed by atoms with Crippen molar-refractivity contribution in [2.24, 2.45) is 0 Å². The molecule has 20 heavy (non-hydrogen) atoms. The number of nitriles is 1. The van der Waals surface area contributed by atoms with Crippen molar-refractivity contribution in [3.05, 3.63) is 72.3 Å². The molecule has 0 atom stereocenters. The summed E-state index contributed by atoms with van der Waals surface area (Å²) in [6, 6.07) is 13.7. The molecule has 0 N–H and O–H groups in total. The molecule has 0 saturated carbocycles. The van der Waals surface area contributed by atoms with Crippen LogP contribution in [-0.2, 0) is 0 Å². The number of rotatable bonds is 2. The van der Waals surface area contributed by atoms with E-state index in [0.717, 1.165) is 16.8 Å². The first-order chi connectivity index (χ1) is 9.78. The van der Waals surface area contributed by atoms with Crippen LogP contribution in [0.25, 0.3) is 16.8 Å². The molecule has 96 valence electrons. The Morgan fingerprint density at radius 3 is 2.60 bits per heavy atom. The summed E-state index contributed by atoms with van der Waals surface area (Å²) in [5.74, 6) is 0. The van der Waals surface area contributed by atoms with Crippen LogP contribution in [0, 0.1) is 18.3 Å². The van der Waals surface area contributed by atoms with Crippen LogP contribution in [0.5, 0.6) is 0 Å². The Morgan fingerprint density at radius 2 is 1.90 bits per heavy atom. The van der Waals surface area contributed by atoms with Gasteiger partial charge in [-0.3, -0.25) is 4.98 Å². The average Bonchev–Trinajstić information content (AvgIpc) is 2.97. The molecular weight excluding hydrogens is 246 g/mol. The Labute approximate surface area is 117 Å². The van der Waals surface area contributed by atoms with Crippen LogP contribution in [0.4, 0.5) is 0 Å². The molecule has 0 fully saturated rings. The molecule has 1 aromatic carbocycles. The van der Waals surface area contributed by atoms with Gasteiger partial charge in [0, 0.05) is 41.6 Å². The van der Waals surface area contributed by atoms with Gasteiger partial charge in [-0.15, -0.1) is 0 Å². The van der Waals surface area contributed by atoms with Gasteiger partial charge in [0.15, 0.2) is 0 Å². The van der Waals surface area contributed by atoms with E-state index in [1.165, 1.54) is 5.56 Å². The fourth-order valence-electron chi connectivity index (χ4n) is 2.19. The number of nitrogens with zero attached hydrogens (tertiary/aromatic N) is 3. The zero-order chi connectivity index (χ0) is 13.9. The molecule has 0 unspecified atom stereocenters. The first kappa shape index (κ1) is 12.2. The van der Waals surface area contributed by atoms with Gasteiger partial charge in [-0.1, -0.05) is 0 Å². The van der Waals surface area contributed by atoms with E-state index in [1.54, 1.807) is 6.20 Å². The Morgan fingerprint density at radius 1 is 1.10 bits per heavy atom. The summed E-state index contributed by atoms with van der Waals surface area (Å²) in [6.07, 6.45) is 7.78. The van der Waals surface area contributed by atoms with Crippen LogP contribution in [0.1, 0.15) is 11.1 Å². The molecule has 0 aliphatic heterocycles. The van der Waals surface area contributed by atoms with Gasteiger partial charge in [0.1, 0.15) is 0 Å². The quantitative estimate of drug-likeness (QED) is 0.703. The highest BCUT2D eigenvalue weighted by atomic mass is 14.9. The molecule has 0 aliphatic carbocycles. The summed E-state index contributed by atoms with van der Waals surface area (Å²) in [6.45, 7) is 2.08. The third-order valence-electron chi connectivity index (χ3n) is 3.34. The summed E-state index contributed by atoms with van der Waals surface area (Å²) in [5, 5.41) is 8.82. The van der Waals surface area contributed by atoms with E-state index in [2.05, 4.69) is 30.2 Å². The molecular formula is C17H13N3. The van der Waals surface area contributed by atoms with E-state index >= 15 is 0 Å². The van der Waals surface area contributed by atoms with Gasteiger partial charge in [-0.25, -0.2) is 0 Å². The van der Waals surface area contributed by atoms with Crippen LogP contribution in [0.15, 0.2) is 61.2 Å². The first-order valence-corrected chi connectivity index (χ1v) is 6.37. The minimum absolute atomic E-state index is 0.671. The van der Waals surface area contributed by atoms with E-state index in [0.29, 0.717) is 5.56 Å². The molecule has 0 radical (unpaired) electrons. The second-order valence-corrected chi connectivity index (χ2v) is 4.66. The van der Waals surface area contributed by atoms with Crippen LogP contribution in [0.3, 0.4) is 0 Å². The highest BCUT2D eigenvalue weighted by Crippen LogP contribution is 2.24. The second-order valence-electron chi connectivity index (χ2n) is 4.66. The standard InChI is InChI=1S/C17H13N3/c1-13-6-8-19-11-17(13)15-7-9-20(12-15)16-4-2-14(10-18)3-5-16/h2-9,11-12H,1H3. The lowest BCUT2D eigenvalue weighted by molar-refractivity contribution is 1.08. The number of hydrogen-bond donors (Lipinski definition) is 0.